The molecule has 4 heteroatoms. The maximum atomic E-state index is 13.0. The van der Waals surface area contributed by atoms with Gasteiger partial charge in [0.05, 0.1) is 6.42 Å². The van der Waals surface area contributed by atoms with Crippen LogP contribution in [0.5, 0.6) is 0 Å². The van der Waals surface area contributed by atoms with Crippen molar-refractivity contribution in [1.29, 1.82) is 0 Å². The first-order valence-electron chi connectivity index (χ1n) is 6.28. The van der Waals surface area contributed by atoms with Crippen molar-refractivity contribution in [1.82, 2.24) is 4.90 Å². The van der Waals surface area contributed by atoms with E-state index in [4.69, 9.17) is 0 Å². The normalized spacial score (nSPS) is 19.9. The van der Waals surface area contributed by atoms with Gasteiger partial charge in [-0.1, -0.05) is 28.9 Å². The third-order valence-corrected chi connectivity index (χ3v) is 4.10. The summed E-state index contributed by atoms with van der Waals surface area (Å²) in [6.45, 7) is 3.87. The Kier molecular flexibility index (Phi) is 4.38. The lowest BCUT2D eigenvalue weighted by atomic mass is 9.99. The fourth-order valence-electron chi connectivity index (χ4n) is 2.36. The molecule has 0 radical (unpaired) electrons. The topological polar surface area (TPSA) is 20.3 Å². The predicted molar refractivity (Wildman–Crippen MR) is 72.8 cm³/mol. The van der Waals surface area contributed by atoms with Crippen LogP contribution in [0.1, 0.15) is 25.3 Å². The number of likely N-dealkylation sites (tertiary alicyclic amines) is 1. The highest BCUT2D eigenvalue weighted by Gasteiger charge is 2.21. The number of piperidine rings is 1. The van der Waals surface area contributed by atoms with Crippen molar-refractivity contribution < 1.29 is 9.18 Å². The fraction of sp³-hybridized carbons (Fsp3) is 0.500. The molecule has 0 aliphatic carbocycles. The van der Waals surface area contributed by atoms with Crippen molar-refractivity contribution in [3.05, 3.63) is 34.1 Å². The zero-order valence-corrected chi connectivity index (χ0v) is 12.0. The molecule has 1 amide bonds. The van der Waals surface area contributed by atoms with Gasteiger partial charge in [-0.3, -0.25) is 4.79 Å². The Morgan fingerprint density at radius 3 is 3.00 bits per heavy atom. The Morgan fingerprint density at radius 2 is 2.33 bits per heavy atom. The molecular weight excluding hydrogens is 297 g/mol. The van der Waals surface area contributed by atoms with E-state index in [9.17, 15) is 9.18 Å². The lowest BCUT2D eigenvalue weighted by molar-refractivity contribution is -0.132. The van der Waals surface area contributed by atoms with Crippen LogP contribution in [0.25, 0.3) is 0 Å². The van der Waals surface area contributed by atoms with Crippen molar-refractivity contribution in [2.24, 2.45) is 5.92 Å². The van der Waals surface area contributed by atoms with Crippen molar-refractivity contribution >= 4 is 21.8 Å². The number of hydrogen-bond donors (Lipinski definition) is 0. The second-order valence-electron chi connectivity index (χ2n) is 5.00. The quantitative estimate of drug-likeness (QED) is 0.819. The number of carbonyl (C=O) groups is 1. The molecular formula is C14H17BrFNO. The molecule has 1 aliphatic rings. The molecule has 0 saturated carbocycles. The van der Waals surface area contributed by atoms with Gasteiger partial charge in [0.25, 0.3) is 0 Å². The summed E-state index contributed by atoms with van der Waals surface area (Å²) in [5, 5.41) is 0. The first-order valence-corrected chi connectivity index (χ1v) is 7.07. The minimum atomic E-state index is -0.287. The summed E-state index contributed by atoms with van der Waals surface area (Å²) in [4.78, 5) is 14.1. The third-order valence-electron chi connectivity index (χ3n) is 3.37. The van der Waals surface area contributed by atoms with Crippen LogP contribution in [0.3, 0.4) is 0 Å². The summed E-state index contributed by atoms with van der Waals surface area (Å²) in [6, 6.07) is 4.47. The van der Waals surface area contributed by atoms with E-state index in [1.54, 1.807) is 6.07 Å². The maximum absolute atomic E-state index is 13.0. The highest BCUT2D eigenvalue weighted by Crippen LogP contribution is 2.21. The van der Waals surface area contributed by atoms with Gasteiger partial charge in [-0.15, -0.1) is 0 Å². The van der Waals surface area contributed by atoms with E-state index < -0.39 is 0 Å². The minimum absolute atomic E-state index is 0.133. The van der Waals surface area contributed by atoms with Gasteiger partial charge in [0, 0.05) is 17.6 Å². The molecule has 1 fully saturated rings. The second kappa shape index (κ2) is 5.83. The van der Waals surface area contributed by atoms with E-state index in [0.29, 0.717) is 16.8 Å². The van der Waals surface area contributed by atoms with E-state index >= 15 is 0 Å². The van der Waals surface area contributed by atoms with Gasteiger partial charge < -0.3 is 4.90 Å². The van der Waals surface area contributed by atoms with E-state index in [-0.39, 0.29) is 11.7 Å². The Bertz CT molecular complexity index is 449. The molecule has 1 saturated heterocycles. The van der Waals surface area contributed by atoms with Crippen LogP contribution in [0.2, 0.25) is 0 Å². The molecule has 1 unspecified atom stereocenters. The number of halogens is 2. The van der Waals surface area contributed by atoms with Gasteiger partial charge in [-0.2, -0.15) is 0 Å². The molecule has 1 aromatic carbocycles. The molecule has 0 spiro atoms. The molecule has 2 rings (SSSR count). The van der Waals surface area contributed by atoms with Crippen molar-refractivity contribution in [3.8, 4) is 0 Å². The molecule has 0 aromatic heterocycles. The summed E-state index contributed by atoms with van der Waals surface area (Å²) in [6.07, 6.45) is 2.62. The summed E-state index contributed by atoms with van der Waals surface area (Å²) in [7, 11) is 0. The second-order valence-corrected chi connectivity index (χ2v) is 5.85. The van der Waals surface area contributed by atoms with E-state index in [1.165, 1.54) is 18.6 Å². The van der Waals surface area contributed by atoms with Crippen LogP contribution < -0.4 is 0 Å². The number of nitrogens with zero attached hydrogens (tertiary/aromatic N) is 1. The first kappa shape index (κ1) is 13.5. The lowest BCUT2D eigenvalue weighted by Gasteiger charge is -2.31. The SMILES string of the molecule is CC1CCCN(C(=O)Cc2ccc(F)cc2Br)C1. The van der Waals surface area contributed by atoms with Crippen LogP contribution in [0, 0.1) is 11.7 Å². The van der Waals surface area contributed by atoms with Crippen LogP contribution in [0.15, 0.2) is 22.7 Å². The van der Waals surface area contributed by atoms with Crippen molar-refractivity contribution in [3.63, 3.8) is 0 Å². The van der Waals surface area contributed by atoms with Crippen LogP contribution in [0.4, 0.5) is 4.39 Å². The number of rotatable bonds is 2. The number of amides is 1. The molecule has 1 heterocycles. The van der Waals surface area contributed by atoms with Gasteiger partial charge in [0.2, 0.25) is 5.91 Å². The van der Waals surface area contributed by atoms with Gasteiger partial charge in [0.15, 0.2) is 0 Å². The first-order chi connectivity index (χ1) is 8.56. The third kappa shape index (κ3) is 3.31. The van der Waals surface area contributed by atoms with E-state index in [1.807, 2.05) is 4.90 Å². The lowest BCUT2D eigenvalue weighted by Crippen LogP contribution is -2.39. The summed E-state index contributed by atoms with van der Waals surface area (Å²) in [5.41, 5.74) is 0.847. The Hall–Kier alpha value is -0.900. The fourth-order valence-corrected chi connectivity index (χ4v) is 2.85. The van der Waals surface area contributed by atoms with Crippen molar-refractivity contribution in [2.75, 3.05) is 13.1 Å². The molecule has 1 aliphatic heterocycles. The van der Waals surface area contributed by atoms with Crippen LogP contribution >= 0.6 is 15.9 Å². The Labute approximate surface area is 115 Å². The molecule has 1 atom stereocenters. The predicted octanol–water partition coefficient (Wildman–Crippen LogP) is 3.39. The average Bonchev–Trinajstić information content (AvgIpc) is 2.32. The number of benzene rings is 1. The molecule has 0 bridgehead atoms. The molecule has 1 aromatic rings. The molecule has 0 N–H and O–H groups in total. The maximum Gasteiger partial charge on any atom is 0.227 e. The van der Waals surface area contributed by atoms with Crippen LogP contribution in [-0.2, 0) is 11.2 Å². The van der Waals surface area contributed by atoms with Gasteiger partial charge in [0.1, 0.15) is 5.82 Å². The molecule has 18 heavy (non-hydrogen) atoms. The molecule has 2 nitrogen and oxygen atoms in total. The summed E-state index contributed by atoms with van der Waals surface area (Å²) >= 11 is 3.30. The summed E-state index contributed by atoms with van der Waals surface area (Å²) < 4.78 is 13.6. The van der Waals surface area contributed by atoms with Crippen molar-refractivity contribution in [2.45, 2.75) is 26.2 Å². The van der Waals surface area contributed by atoms with Gasteiger partial charge in [-0.25, -0.2) is 4.39 Å². The number of carbonyl (C=O) groups excluding carboxylic acids is 1. The van der Waals surface area contributed by atoms with Crippen LogP contribution in [-0.4, -0.2) is 23.9 Å². The zero-order chi connectivity index (χ0) is 13.1. The average molecular weight is 314 g/mol. The highest BCUT2D eigenvalue weighted by molar-refractivity contribution is 9.10. The smallest absolute Gasteiger partial charge is 0.227 e. The Balaban J connectivity index is 2.02. The number of hydrogen-bond acceptors (Lipinski definition) is 1. The molecule has 98 valence electrons. The minimum Gasteiger partial charge on any atom is -0.342 e. The van der Waals surface area contributed by atoms with Gasteiger partial charge in [-0.05, 0) is 36.5 Å². The highest BCUT2D eigenvalue weighted by atomic mass is 79.9. The van der Waals surface area contributed by atoms with Gasteiger partial charge >= 0.3 is 0 Å². The van der Waals surface area contributed by atoms with E-state index in [0.717, 1.165) is 25.1 Å². The standard InChI is InChI=1S/C14H17BrFNO/c1-10-3-2-6-17(9-10)14(18)7-11-4-5-12(16)8-13(11)15/h4-5,8,10H,2-3,6-7,9H2,1H3. The largest absolute Gasteiger partial charge is 0.342 e. The van der Waals surface area contributed by atoms with E-state index in [2.05, 4.69) is 22.9 Å². The monoisotopic (exact) mass is 313 g/mol. The Morgan fingerprint density at radius 1 is 1.56 bits per heavy atom. The zero-order valence-electron chi connectivity index (χ0n) is 10.5. The summed E-state index contributed by atoms with van der Waals surface area (Å²) in [5.74, 6) is 0.429.